The minimum Gasteiger partial charge on any atom is -0.276 e. The quantitative estimate of drug-likeness (QED) is 0.489. The third-order valence-corrected chi connectivity index (χ3v) is 4.55. The van der Waals surface area contributed by atoms with E-state index in [4.69, 9.17) is 11.6 Å². The topological polar surface area (TPSA) is 102 Å². The Morgan fingerprint density at radius 1 is 1.33 bits per heavy atom. The highest BCUT2D eigenvalue weighted by Crippen LogP contribution is 2.29. The summed E-state index contributed by atoms with van der Waals surface area (Å²) < 4.78 is 27.2. The first-order valence-electron chi connectivity index (χ1n) is 5.38. The highest BCUT2D eigenvalue weighted by Gasteiger charge is 2.26. The van der Waals surface area contributed by atoms with Crippen molar-refractivity contribution in [2.24, 2.45) is 0 Å². The molecule has 0 aliphatic carbocycles. The van der Waals surface area contributed by atoms with Gasteiger partial charge in [0.2, 0.25) is 0 Å². The molecule has 0 amide bonds. The maximum absolute atomic E-state index is 12.3. The largest absolute Gasteiger partial charge is 0.289 e. The molecule has 7 nitrogen and oxygen atoms in total. The number of nitro benzene ring substituents is 1. The van der Waals surface area contributed by atoms with E-state index in [1.165, 1.54) is 24.4 Å². The Kier molecular flexibility index (Phi) is 4.45. The van der Waals surface area contributed by atoms with Gasteiger partial charge in [0, 0.05) is 16.7 Å². The number of pyridine rings is 1. The van der Waals surface area contributed by atoms with Crippen LogP contribution in [0.25, 0.3) is 0 Å². The molecular weight excluding hydrogens is 386 g/mol. The molecule has 0 bridgehead atoms. The molecule has 1 N–H and O–H groups in total. The van der Waals surface area contributed by atoms with Crippen LogP contribution >= 0.6 is 27.5 Å². The molecule has 0 spiro atoms. The van der Waals surface area contributed by atoms with Crippen molar-refractivity contribution in [3.05, 3.63) is 56.3 Å². The molecule has 1 aromatic heterocycles. The highest BCUT2D eigenvalue weighted by atomic mass is 79.9. The van der Waals surface area contributed by atoms with Crippen LogP contribution < -0.4 is 4.72 Å². The third kappa shape index (κ3) is 3.49. The lowest BCUT2D eigenvalue weighted by Crippen LogP contribution is -2.15. The summed E-state index contributed by atoms with van der Waals surface area (Å²) in [7, 11) is -4.17. The minimum absolute atomic E-state index is 0.0178. The van der Waals surface area contributed by atoms with Crippen molar-refractivity contribution in [3.63, 3.8) is 0 Å². The fourth-order valence-corrected chi connectivity index (χ4v) is 3.30. The summed E-state index contributed by atoms with van der Waals surface area (Å²) in [5, 5.41) is 10.8. The summed E-state index contributed by atoms with van der Waals surface area (Å²) in [5.41, 5.74) is -0.506. The lowest BCUT2D eigenvalue weighted by atomic mass is 10.3. The maximum atomic E-state index is 12.3. The van der Waals surface area contributed by atoms with Crippen LogP contribution in [0, 0.1) is 10.1 Å². The molecule has 0 radical (unpaired) electrons. The first-order chi connectivity index (χ1) is 9.81. The molecule has 1 aromatic carbocycles. The third-order valence-electron chi connectivity index (χ3n) is 2.40. The maximum Gasteiger partial charge on any atom is 0.289 e. The van der Waals surface area contributed by atoms with Crippen molar-refractivity contribution in [2.45, 2.75) is 4.90 Å². The number of halogens is 2. The molecule has 110 valence electrons. The monoisotopic (exact) mass is 391 g/mol. The van der Waals surface area contributed by atoms with Gasteiger partial charge in [-0.15, -0.1) is 0 Å². The van der Waals surface area contributed by atoms with Crippen LogP contribution in [0.4, 0.5) is 11.4 Å². The Morgan fingerprint density at radius 3 is 2.67 bits per heavy atom. The number of nitrogens with zero attached hydrogens (tertiary/aromatic N) is 2. The molecule has 0 aliphatic heterocycles. The number of nitrogens with one attached hydrogen (secondary N) is 1. The number of hydrogen-bond donors (Lipinski definition) is 1. The van der Waals surface area contributed by atoms with Gasteiger partial charge >= 0.3 is 0 Å². The summed E-state index contributed by atoms with van der Waals surface area (Å²) >= 11 is 8.93. The van der Waals surface area contributed by atoms with Crippen molar-refractivity contribution in [3.8, 4) is 0 Å². The Balaban J connectivity index is 2.49. The predicted molar refractivity (Wildman–Crippen MR) is 80.9 cm³/mol. The fraction of sp³-hybridized carbons (Fsp3) is 0. The number of benzene rings is 1. The normalized spacial score (nSPS) is 11.1. The van der Waals surface area contributed by atoms with Gasteiger partial charge in [-0.2, -0.15) is 0 Å². The Hall–Kier alpha value is -1.71. The molecule has 0 aliphatic rings. The first kappa shape index (κ1) is 15.7. The second kappa shape index (κ2) is 5.96. The number of sulfonamides is 1. The number of anilines is 1. The molecule has 0 saturated carbocycles. The van der Waals surface area contributed by atoms with Crippen LogP contribution in [0.15, 0.2) is 45.9 Å². The second-order valence-corrected chi connectivity index (χ2v) is 6.75. The van der Waals surface area contributed by atoms with E-state index < -0.39 is 25.5 Å². The van der Waals surface area contributed by atoms with Crippen molar-refractivity contribution in [2.75, 3.05) is 4.72 Å². The van der Waals surface area contributed by atoms with Gasteiger partial charge in [0.25, 0.3) is 15.7 Å². The molecule has 1 heterocycles. The molecule has 0 unspecified atom stereocenters. The van der Waals surface area contributed by atoms with Crippen LogP contribution in [0.5, 0.6) is 0 Å². The lowest BCUT2D eigenvalue weighted by Gasteiger charge is -2.09. The average Bonchev–Trinajstić information content (AvgIpc) is 2.42. The van der Waals surface area contributed by atoms with Gasteiger partial charge < -0.3 is 0 Å². The van der Waals surface area contributed by atoms with Crippen molar-refractivity contribution < 1.29 is 13.3 Å². The number of para-hydroxylation sites is 1. The minimum atomic E-state index is -4.17. The summed E-state index contributed by atoms with van der Waals surface area (Å²) in [4.78, 5) is 13.5. The predicted octanol–water partition coefficient (Wildman–Crippen LogP) is 3.21. The van der Waals surface area contributed by atoms with E-state index in [0.29, 0.717) is 4.47 Å². The SMILES string of the molecule is O=[N+]([O-])c1ccccc1S(=O)(=O)Nc1cc(Br)cnc1Cl. The van der Waals surface area contributed by atoms with Crippen molar-refractivity contribution >= 4 is 48.9 Å². The van der Waals surface area contributed by atoms with Gasteiger partial charge in [0.15, 0.2) is 10.0 Å². The molecule has 2 rings (SSSR count). The zero-order valence-corrected chi connectivity index (χ0v) is 13.3. The summed E-state index contributed by atoms with van der Waals surface area (Å²) in [6.07, 6.45) is 1.39. The van der Waals surface area contributed by atoms with E-state index in [1.807, 2.05) is 0 Å². The van der Waals surface area contributed by atoms with E-state index in [0.717, 1.165) is 12.1 Å². The Bertz CT molecular complexity index is 813. The molecule has 10 heteroatoms. The van der Waals surface area contributed by atoms with Gasteiger partial charge in [0.1, 0.15) is 0 Å². The average molecular weight is 393 g/mol. The van der Waals surface area contributed by atoms with Gasteiger partial charge in [-0.25, -0.2) is 13.4 Å². The van der Waals surface area contributed by atoms with E-state index in [-0.39, 0.29) is 10.8 Å². The first-order valence-corrected chi connectivity index (χ1v) is 8.04. The molecular formula is C11H7BrClN3O4S. The van der Waals surface area contributed by atoms with Gasteiger partial charge in [0.05, 0.1) is 10.6 Å². The van der Waals surface area contributed by atoms with Crippen molar-refractivity contribution in [1.29, 1.82) is 0 Å². The van der Waals surface area contributed by atoms with Gasteiger partial charge in [-0.3, -0.25) is 14.8 Å². The van der Waals surface area contributed by atoms with Gasteiger partial charge in [-0.05, 0) is 28.1 Å². The van der Waals surface area contributed by atoms with Crippen LogP contribution in [0.1, 0.15) is 0 Å². The van der Waals surface area contributed by atoms with E-state index in [2.05, 4.69) is 25.6 Å². The van der Waals surface area contributed by atoms with Gasteiger partial charge in [-0.1, -0.05) is 23.7 Å². The summed E-state index contributed by atoms with van der Waals surface area (Å²) in [6.45, 7) is 0. The number of aromatic nitrogens is 1. The molecule has 2 aromatic rings. The Morgan fingerprint density at radius 2 is 2.00 bits per heavy atom. The van der Waals surface area contributed by atoms with E-state index >= 15 is 0 Å². The smallest absolute Gasteiger partial charge is 0.276 e. The van der Waals surface area contributed by atoms with Crippen LogP contribution in [0.3, 0.4) is 0 Å². The lowest BCUT2D eigenvalue weighted by molar-refractivity contribution is -0.387. The van der Waals surface area contributed by atoms with E-state index in [9.17, 15) is 18.5 Å². The number of rotatable bonds is 4. The van der Waals surface area contributed by atoms with Crippen molar-refractivity contribution in [1.82, 2.24) is 4.98 Å². The van der Waals surface area contributed by atoms with Crippen LogP contribution in [-0.2, 0) is 10.0 Å². The highest BCUT2D eigenvalue weighted by molar-refractivity contribution is 9.10. The molecule has 0 atom stereocenters. The van der Waals surface area contributed by atoms with Crippen LogP contribution in [-0.4, -0.2) is 18.3 Å². The fourth-order valence-electron chi connectivity index (χ4n) is 1.53. The molecule has 0 fully saturated rings. The summed E-state index contributed by atoms with van der Waals surface area (Å²) in [5.74, 6) is 0. The number of hydrogen-bond acceptors (Lipinski definition) is 5. The summed E-state index contributed by atoms with van der Waals surface area (Å²) in [6, 6.07) is 6.42. The van der Waals surface area contributed by atoms with Crippen LogP contribution in [0.2, 0.25) is 5.15 Å². The number of nitro groups is 1. The van der Waals surface area contributed by atoms with E-state index in [1.54, 1.807) is 0 Å². The standard InChI is InChI=1S/C11H7BrClN3O4S/c12-7-5-8(11(13)14-6-7)15-21(19,20)10-4-2-1-3-9(10)16(17)18/h1-6,15H. The zero-order chi connectivity index (χ0) is 15.6. The second-order valence-electron chi connectivity index (χ2n) is 3.82. The zero-order valence-electron chi connectivity index (χ0n) is 10.2. The molecule has 21 heavy (non-hydrogen) atoms. The Labute approximate surface area is 133 Å². The molecule has 0 saturated heterocycles.